The topological polar surface area (TPSA) is 62.2 Å². The van der Waals surface area contributed by atoms with Gasteiger partial charge in [0.15, 0.2) is 0 Å². The number of carbonyl (C=O) groups is 1. The summed E-state index contributed by atoms with van der Waals surface area (Å²) in [6, 6.07) is 9.19. The smallest absolute Gasteiger partial charge is 0.254 e. The van der Waals surface area contributed by atoms with Crippen LogP contribution in [-0.2, 0) is 23.1 Å². The van der Waals surface area contributed by atoms with E-state index in [1.807, 2.05) is 6.92 Å². The molecule has 1 aliphatic carbocycles. The number of aryl methyl sites for hydroxylation is 1. The van der Waals surface area contributed by atoms with Gasteiger partial charge in [-0.05, 0) is 54.8 Å². The predicted molar refractivity (Wildman–Crippen MR) is 102 cm³/mol. The minimum atomic E-state index is -1.11. The van der Waals surface area contributed by atoms with Crippen molar-refractivity contribution < 1.29 is 18.8 Å². The number of aromatic nitrogens is 1. The van der Waals surface area contributed by atoms with Crippen molar-refractivity contribution in [1.82, 2.24) is 10.5 Å². The molecule has 2 aromatic carbocycles. The standard InChI is InChI=1S/C21H18F2N2O2S/c1-11-8-13(22)6-7-14(11)19-24-17-9-21(20(26)25-27,10-18(17)28-19)15-4-3-5-16(23)12(15)2/h3-8,27H,9-10H2,1-2H3,(H,25,26). The van der Waals surface area contributed by atoms with Gasteiger partial charge in [-0.1, -0.05) is 12.1 Å². The quantitative estimate of drug-likeness (QED) is 0.510. The number of halogens is 2. The fourth-order valence-electron chi connectivity index (χ4n) is 3.97. The summed E-state index contributed by atoms with van der Waals surface area (Å²) in [6.45, 7) is 3.45. The summed E-state index contributed by atoms with van der Waals surface area (Å²) in [7, 11) is 0. The van der Waals surface area contributed by atoms with Gasteiger partial charge in [-0.15, -0.1) is 11.3 Å². The van der Waals surface area contributed by atoms with Gasteiger partial charge in [-0.2, -0.15) is 0 Å². The van der Waals surface area contributed by atoms with Crippen LogP contribution in [0, 0.1) is 25.5 Å². The van der Waals surface area contributed by atoms with Gasteiger partial charge < -0.3 is 0 Å². The van der Waals surface area contributed by atoms with Gasteiger partial charge in [0.05, 0.1) is 11.1 Å². The van der Waals surface area contributed by atoms with Gasteiger partial charge in [0.1, 0.15) is 16.6 Å². The lowest BCUT2D eigenvalue weighted by atomic mass is 9.75. The van der Waals surface area contributed by atoms with Crippen LogP contribution in [0.1, 0.15) is 27.3 Å². The summed E-state index contributed by atoms with van der Waals surface area (Å²) in [5, 5.41) is 10.1. The molecule has 3 aromatic rings. The summed E-state index contributed by atoms with van der Waals surface area (Å²) in [4.78, 5) is 18.3. The maximum absolute atomic E-state index is 14.1. The zero-order valence-corrected chi connectivity index (χ0v) is 16.2. The van der Waals surface area contributed by atoms with Gasteiger partial charge in [-0.3, -0.25) is 10.0 Å². The fraction of sp³-hybridized carbons (Fsp3) is 0.238. The lowest BCUT2D eigenvalue weighted by molar-refractivity contribution is -0.135. The number of hydroxylamine groups is 1. The highest BCUT2D eigenvalue weighted by Gasteiger charge is 2.48. The Morgan fingerprint density at radius 1 is 1.21 bits per heavy atom. The van der Waals surface area contributed by atoms with Crippen molar-refractivity contribution in [1.29, 1.82) is 0 Å². The Labute approximate surface area is 164 Å². The molecule has 1 amide bonds. The third kappa shape index (κ3) is 2.82. The van der Waals surface area contributed by atoms with Crippen molar-refractivity contribution in [3.8, 4) is 10.6 Å². The van der Waals surface area contributed by atoms with Crippen LogP contribution in [-0.4, -0.2) is 16.1 Å². The minimum absolute atomic E-state index is 0.260. The predicted octanol–water partition coefficient (Wildman–Crippen LogP) is 4.25. The molecule has 0 saturated heterocycles. The summed E-state index contributed by atoms with van der Waals surface area (Å²) in [5.74, 6) is -1.27. The number of hydrogen-bond donors (Lipinski definition) is 2. The van der Waals surface area contributed by atoms with Gasteiger partial charge in [0.25, 0.3) is 5.91 Å². The Kier molecular flexibility index (Phi) is 4.51. The number of amides is 1. The lowest BCUT2D eigenvalue weighted by Crippen LogP contribution is -2.44. The molecule has 0 aliphatic heterocycles. The lowest BCUT2D eigenvalue weighted by Gasteiger charge is -2.28. The van der Waals surface area contributed by atoms with Crippen LogP contribution >= 0.6 is 11.3 Å². The first-order valence-electron chi connectivity index (χ1n) is 8.81. The third-order valence-electron chi connectivity index (χ3n) is 5.45. The van der Waals surface area contributed by atoms with E-state index < -0.39 is 17.1 Å². The molecular weight excluding hydrogens is 382 g/mol. The molecule has 1 aliphatic rings. The summed E-state index contributed by atoms with van der Waals surface area (Å²) in [6.07, 6.45) is 0.576. The first-order valence-corrected chi connectivity index (χ1v) is 9.62. The number of carbonyl (C=O) groups excluding carboxylic acids is 1. The number of thiazole rings is 1. The van der Waals surface area contributed by atoms with Crippen LogP contribution in [0.3, 0.4) is 0 Å². The fourth-order valence-corrected chi connectivity index (χ4v) is 5.25. The van der Waals surface area contributed by atoms with Crippen molar-refractivity contribution in [3.05, 3.63) is 75.3 Å². The molecule has 1 atom stereocenters. The van der Waals surface area contributed by atoms with E-state index in [9.17, 15) is 18.8 Å². The monoisotopic (exact) mass is 400 g/mol. The maximum atomic E-state index is 14.1. The summed E-state index contributed by atoms with van der Waals surface area (Å²) < 4.78 is 27.5. The zero-order valence-electron chi connectivity index (χ0n) is 15.3. The van der Waals surface area contributed by atoms with E-state index in [0.29, 0.717) is 17.5 Å². The Balaban J connectivity index is 1.77. The normalized spacial score (nSPS) is 18.2. The molecule has 4 nitrogen and oxygen atoms in total. The number of rotatable bonds is 3. The molecular formula is C21H18F2N2O2S. The molecule has 7 heteroatoms. The molecule has 0 saturated carbocycles. The molecule has 0 spiro atoms. The van der Waals surface area contributed by atoms with E-state index in [2.05, 4.69) is 4.98 Å². The van der Waals surface area contributed by atoms with Crippen molar-refractivity contribution in [2.45, 2.75) is 32.1 Å². The highest BCUT2D eigenvalue weighted by Crippen LogP contribution is 2.45. The van der Waals surface area contributed by atoms with Gasteiger partial charge >= 0.3 is 0 Å². The summed E-state index contributed by atoms with van der Waals surface area (Å²) >= 11 is 1.44. The van der Waals surface area contributed by atoms with Crippen LogP contribution in [0.25, 0.3) is 10.6 Å². The highest BCUT2D eigenvalue weighted by molar-refractivity contribution is 7.15. The van der Waals surface area contributed by atoms with Crippen molar-refractivity contribution in [3.63, 3.8) is 0 Å². The molecule has 4 rings (SSSR count). The Morgan fingerprint density at radius 3 is 2.68 bits per heavy atom. The Hall–Kier alpha value is -2.64. The van der Waals surface area contributed by atoms with Crippen LogP contribution in [0.15, 0.2) is 36.4 Å². The van der Waals surface area contributed by atoms with E-state index in [1.54, 1.807) is 30.6 Å². The van der Waals surface area contributed by atoms with Crippen molar-refractivity contribution in [2.75, 3.05) is 0 Å². The molecule has 144 valence electrons. The van der Waals surface area contributed by atoms with Gasteiger partial charge in [-0.25, -0.2) is 19.2 Å². The summed E-state index contributed by atoms with van der Waals surface area (Å²) in [5.41, 5.74) is 3.96. The second-order valence-electron chi connectivity index (χ2n) is 7.14. The molecule has 2 N–H and O–H groups in total. The average Bonchev–Trinajstić information content (AvgIpc) is 3.20. The van der Waals surface area contributed by atoms with Gasteiger partial charge in [0, 0.05) is 23.3 Å². The van der Waals surface area contributed by atoms with E-state index >= 15 is 0 Å². The zero-order chi connectivity index (χ0) is 20.1. The van der Waals surface area contributed by atoms with E-state index in [1.165, 1.54) is 29.5 Å². The van der Waals surface area contributed by atoms with Gasteiger partial charge in [0.2, 0.25) is 0 Å². The molecule has 0 fully saturated rings. The Bertz CT molecular complexity index is 1070. The van der Waals surface area contributed by atoms with Crippen LogP contribution in [0.5, 0.6) is 0 Å². The maximum Gasteiger partial charge on any atom is 0.254 e. The molecule has 0 radical (unpaired) electrons. The number of hydrogen-bond acceptors (Lipinski definition) is 4. The molecule has 1 aromatic heterocycles. The Morgan fingerprint density at radius 2 is 2.00 bits per heavy atom. The van der Waals surface area contributed by atoms with Crippen molar-refractivity contribution >= 4 is 17.2 Å². The highest BCUT2D eigenvalue weighted by atomic mass is 32.1. The number of nitrogens with one attached hydrogen (secondary N) is 1. The molecule has 0 bridgehead atoms. The first kappa shape index (κ1) is 18.7. The van der Waals surface area contributed by atoms with Crippen LogP contribution in [0.2, 0.25) is 0 Å². The largest absolute Gasteiger partial charge is 0.289 e. The molecule has 1 heterocycles. The SMILES string of the molecule is Cc1cc(F)ccc1-c1nc2c(s1)CC(C(=O)NO)(c1cccc(F)c1C)C2. The second-order valence-corrected chi connectivity index (χ2v) is 8.22. The van der Waals surface area contributed by atoms with Crippen LogP contribution in [0.4, 0.5) is 8.78 Å². The number of fused-ring (bicyclic) bond motifs is 1. The van der Waals surface area contributed by atoms with E-state index in [-0.39, 0.29) is 12.2 Å². The van der Waals surface area contributed by atoms with Crippen LogP contribution < -0.4 is 5.48 Å². The number of nitrogens with zero attached hydrogens (tertiary/aromatic N) is 1. The van der Waals surface area contributed by atoms with E-state index in [4.69, 9.17) is 0 Å². The van der Waals surface area contributed by atoms with E-state index in [0.717, 1.165) is 26.7 Å². The minimum Gasteiger partial charge on any atom is -0.289 e. The number of benzene rings is 2. The van der Waals surface area contributed by atoms with Crippen molar-refractivity contribution in [2.24, 2.45) is 0 Å². The molecule has 1 unspecified atom stereocenters. The average molecular weight is 400 g/mol. The second kappa shape index (κ2) is 6.76. The molecule has 28 heavy (non-hydrogen) atoms. The third-order valence-corrected chi connectivity index (χ3v) is 6.58. The first-order chi connectivity index (χ1) is 13.4.